The molecular formula is C14H12FN. The van der Waals surface area contributed by atoms with Gasteiger partial charge in [-0.1, -0.05) is 30.3 Å². The first-order valence-electron chi connectivity index (χ1n) is 5.14. The van der Waals surface area contributed by atoms with Crippen molar-refractivity contribution in [2.24, 2.45) is 0 Å². The van der Waals surface area contributed by atoms with Crippen molar-refractivity contribution >= 4 is 5.83 Å². The van der Waals surface area contributed by atoms with Crippen LogP contribution in [0.5, 0.6) is 0 Å². The van der Waals surface area contributed by atoms with Gasteiger partial charge in [-0.15, -0.1) is 0 Å². The molecule has 0 N–H and O–H groups in total. The molecule has 1 aromatic carbocycles. The third-order valence-corrected chi connectivity index (χ3v) is 2.43. The minimum absolute atomic E-state index is 0.193. The fourth-order valence-electron chi connectivity index (χ4n) is 1.53. The summed E-state index contributed by atoms with van der Waals surface area (Å²) in [5.41, 5.74) is 2.76. The number of hydrogen-bond donors (Lipinski definition) is 0. The molecule has 0 aliphatic heterocycles. The number of benzene rings is 1. The van der Waals surface area contributed by atoms with Gasteiger partial charge in [-0.2, -0.15) is 0 Å². The summed E-state index contributed by atoms with van der Waals surface area (Å²) in [6.07, 6.45) is 4.95. The Morgan fingerprint density at radius 3 is 2.12 bits per heavy atom. The van der Waals surface area contributed by atoms with Crippen LogP contribution in [0.4, 0.5) is 4.39 Å². The molecule has 2 rings (SSSR count). The van der Waals surface area contributed by atoms with Gasteiger partial charge >= 0.3 is 0 Å². The van der Waals surface area contributed by atoms with Crippen molar-refractivity contribution in [1.82, 2.24) is 4.98 Å². The van der Waals surface area contributed by atoms with Crippen molar-refractivity contribution < 1.29 is 4.39 Å². The van der Waals surface area contributed by atoms with E-state index in [-0.39, 0.29) is 5.83 Å². The van der Waals surface area contributed by atoms with Gasteiger partial charge in [-0.25, -0.2) is 4.39 Å². The van der Waals surface area contributed by atoms with E-state index in [0.717, 1.165) is 11.1 Å². The monoisotopic (exact) mass is 213 g/mol. The van der Waals surface area contributed by atoms with Crippen LogP contribution in [0, 0.1) is 0 Å². The number of hydrogen-bond acceptors (Lipinski definition) is 1. The molecule has 2 aromatic rings. The molecule has 1 nitrogen and oxygen atoms in total. The molecule has 0 saturated heterocycles. The highest BCUT2D eigenvalue weighted by Gasteiger charge is 2.00. The summed E-state index contributed by atoms with van der Waals surface area (Å²) < 4.78 is 13.2. The van der Waals surface area contributed by atoms with E-state index in [4.69, 9.17) is 0 Å². The smallest absolute Gasteiger partial charge is 0.126 e. The molecule has 0 saturated carbocycles. The van der Waals surface area contributed by atoms with Gasteiger partial charge in [-0.3, -0.25) is 4.98 Å². The fourth-order valence-corrected chi connectivity index (χ4v) is 1.53. The zero-order valence-corrected chi connectivity index (χ0v) is 9.02. The Morgan fingerprint density at radius 2 is 1.56 bits per heavy atom. The summed E-state index contributed by atoms with van der Waals surface area (Å²) in [5, 5.41) is 0. The minimum Gasteiger partial charge on any atom is -0.265 e. The van der Waals surface area contributed by atoms with Crippen molar-refractivity contribution in [3.8, 4) is 11.1 Å². The van der Waals surface area contributed by atoms with Crippen LogP contribution in [-0.2, 0) is 0 Å². The normalized spacial score (nSPS) is 11.5. The molecule has 1 heterocycles. The van der Waals surface area contributed by atoms with E-state index in [0.29, 0.717) is 5.56 Å². The fraction of sp³-hybridized carbons (Fsp3) is 0.0714. The van der Waals surface area contributed by atoms with Gasteiger partial charge in [0.15, 0.2) is 0 Å². The van der Waals surface area contributed by atoms with Crippen molar-refractivity contribution in [3.63, 3.8) is 0 Å². The molecule has 16 heavy (non-hydrogen) atoms. The first kappa shape index (κ1) is 10.6. The van der Waals surface area contributed by atoms with Gasteiger partial charge in [0.1, 0.15) is 5.83 Å². The lowest BCUT2D eigenvalue weighted by Gasteiger charge is -2.02. The van der Waals surface area contributed by atoms with Gasteiger partial charge in [0.25, 0.3) is 0 Å². The summed E-state index contributed by atoms with van der Waals surface area (Å²) in [7, 11) is 0. The van der Waals surface area contributed by atoms with E-state index < -0.39 is 0 Å². The maximum atomic E-state index is 13.2. The molecule has 0 amide bonds. The molecule has 0 spiro atoms. The summed E-state index contributed by atoms with van der Waals surface area (Å²) in [6, 6.07) is 11.2. The Morgan fingerprint density at radius 1 is 1.00 bits per heavy atom. The Bertz CT molecular complexity index is 486. The Hall–Kier alpha value is -1.96. The van der Waals surface area contributed by atoms with Crippen LogP contribution >= 0.6 is 0 Å². The average Bonchev–Trinajstić information content (AvgIpc) is 2.39. The van der Waals surface area contributed by atoms with Gasteiger partial charge in [-0.05, 0) is 30.2 Å². The summed E-state index contributed by atoms with van der Waals surface area (Å²) >= 11 is 0. The molecule has 2 heteroatoms. The molecular weight excluding hydrogens is 201 g/mol. The van der Waals surface area contributed by atoms with Gasteiger partial charge in [0, 0.05) is 18.0 Å². The second-order valence-corrected chi connectivity index (χ2v) is 3.45. The number of aromatic nitrogens is 1. The predicted octanol–water partition coefficient (Wildman–Crippen LogP) is 4.08. The number of nitrogens with zero attached hydrogens (tertiary/aromatic N) is 1. The second-order valence-electron chi connectivity index (χ2n) is 3.45. The molecule has 80 valence electrons. The minimum atomic E-state index is -0.193. The summed E-state index contributed by atoms with van der Waals surface area (Å²) in [4.78, 5) is 3.96. The van der Waals surface area contributed by atoms with Crippen LogP contribution in [0.2, 0.25) is 0 Å². The summed E-state index contributed by atoms with van der Waals surface area (Å²) in [5.74, 6) is -0.193. The molecule has 1 aromatic heterocycles. The quantitative estimate of drug-likeness (QED) is 0.732. The van der Waals surface area contributed by atoms with Crippen molar-refractivity contribution in [2.45, 2.75) is 6.92 Å². The van der Waals surface area contributed by atoms with E-state index >= 15 is 0 Å². The maximum absolute atomic E-state index is 13.2. The van der Waals surface area contributed by atoms with Gasteiger partial charge in [0.05, 0.1) is 0 Å². The second kappa shape index (κ2) is 4.71. The lowest BCUT2D eigenvalue weighted by atomic mass is 10.0. The third-order valence-electron chi connectivity index (χ3n) is 2.43. The highest BCUT2D eigenvalue weighted by Crippen LogP contribution is 2.22. The largest absolute Gasteiger partial charge is 0.265 e. The Labute approximate surface area is 94.3 Å². The van der Waals surface area contributed by atoms with Gasteiger partial charge < -0.3 is 0 Å². The predicted molar refractivity (Wildman–Crippen MR) is 64.4 cm³/mol. The zero-order valence-electron chi connectivity index (χ0n) is 9.02. The van der Waals surface area contributed by atoms with Crippen LogP contribution in [0.3, 0.4) is 0 Å². The first-order chi connectivity index (χ1) is 7.81. The highest BCUT2D eigenvalue weighted by molar-refractivity contribution is 5.67. The van der Waals surface area contributed by atoms with E-state index in [1.165, 1.54) is 6.08 Å². The molecule has 0 fully saturated rings. The van der Waals surface area contributed by atoms with Crippen LogP contribution in [0.15, 0.2) is 54.9 Å². The lowest BCUT2D eigenvalue weighted by Crippen LogP contribution is -1.81. The third kappa shape index (κ3) is 2.16. The van der Waals surface area contributed by atoms with Crippen LogP contribution < -0.4 is 0 Å². The average molecular weight is 213 g/mol. The van der Waals surface area contributed by atoms with Crippen LogP contribution in [-0.4, -0.2) is 4.98 Å². The van der Waals surface area contributed by atoms with Gasteiger partial charge in [0.2, 0.25) is 0 Å². The lowest BCUT2D eigenvalue weighted by molar-refractivity contribution is 0.758. The maximum Gasteiger partial charge on any atom is 0.126 e. The highest BCUT2D eigenvalue weighted by atomic mass is 19.1. The van der Waals surface area contributed by atoms with Crippen LogP contribution in [0.25, 0.3) is 17.0 Å². The van der Waals surface area contributed by atoms with E-state index in [9.17, 15) is 4.39 Å². The molecule has 0 radical (unpaired) electrons. The molecule has 0 bridgehead atoms. The molecule has 0 aliphatic carbocycles. The number of rotatable bonds is 2. The topological polar surface area (TPSA) is 12.9 Å². The molecule has 0 unspecified atom stereocenters. The first-order valence-corrected chi connectivity index (χ1v) is 5.14. The van der Waals surface area contributed by atoms with E-state index in [1.54, 1.807) is 31.5 Å². The zero-order chi connectivity index (χ0) is 11.4. The van der Waals surface area contributed by atoms with Crippen molar-refractivity contribution in [3.05, 3.63) is 60.4 Å². The molecule has 0 aliphatic rings. The Kier molecular flexibility index (Phi) is 3.10. The van der Waals surface area contributed by atoms with Crippen molar-refractivity contribution in [2.75, 3.05) is 0 Å². The SMILES string of the molecule is C/C=C(/F)c1ccc(-c2ccncc2)cc1. The van der Waals surface area contributed by atoms with E-state index in [2.05, 4.69) is 4.98 Å². The Balaban J connectivity index is 2.34. The van der Waals surface area contributed by atoms with Crippen LogP contribution in [0.1, 0.15) is 12.5 Å². The standard InChI is InChI=1S/C14H12FN/c1-2-14(15)13-5-3-11(4-6-13)12-7-9-16-10-8-12/h2-10H,1H3/b14-2+. The number of halogens is 1. The number of pyridine rings is 1. The van der Waals surface area contributed by atoms with E-state index in [1.807, 2.05) is 24.3 Å². The number of allylic oxidation sites excluding steroid dienone is 1. The van der Waals surface area contributed by atoms with Crippen molar-refractivity contribution in [1.29, 1.82) is 0 Å². The summed E-state index contributed by atoms with van der Waals surface area (Å²) in [6.45, 7) is 1.69. The molecule has 0 atom stereocenters.